The van der Waals surface area contributed by atoms with E-state index in [4.69, 9.17) is 5.73 Å². The maximum Gasteiger partial charge on any atom is 0.200 e. The minimum absolute atomic E-state index is 0.509. The summed E-state index contributed by atoms with van der Waals surface area (Å²) in [7, 11) is 0. The van der Waals surface area contributed by atoms with Crippen molar-refractivity contribution in [3.8, 4) is 0 Å². The van der Waals surface area contributed by atoms with E-state index in [9.17, 15) is 0 Å². The van der Waals surface area contributed by atoms with Gasteiger partial charge in [0.05, 0.1) is 0 Å². The summed E-state index contributed by atoms with van der Waals surface area (Å²) in [4.78, 5) is 0. The van der Waals surface area contributed by atoms with Gasteiger partial charge in [0.2, 0.25) is 0 Å². The minimum Gasteiger partial charge on any atom is -0.339 e. The van der Waals surface area contributed by atoms with E-state index in [2.05, 4.69) is 25.9 Å². The van der Waals surface area contributed by atoms with Gasteiger partial charge in [-0.1, -0.05) is 12.1 Å². The number of fused-ring (bicyclic) bond motifs is 1. The minimum atomic E-state index is 0.509. The summed E-state index contributed by atoms with van der Waals surface area (Å²) in [6, 6.07) is 11.5. The number of aromatic nitrogens is 5. The quantitative estimate of drug-likeness (QED) is 0.701. The maximum absolute atomic E-state index is 5.60. The van der Waals surface area contributed by atoms with E-state index >= 15 is 0 Å². The molecular formula is C11H11N7. The van der Waals surface area contributed by atoms with Gasteiger partial charge in [-0.3, -0.25) is 0 Å². The highest BCUT2D eigenvalue weighted by atomic mass is 15.6. The number of hydrogen-bond donors (Lipinski definition) is 2. The number of anilines is 2. The van der Waals surface area contributed by atoms with Crippen LogP contribution in [0, 0.1) is 0 Å². The van der Waals surface area contributed by atoms with E-state index in [1.807, 2.05) is 30.3 Å². The topological polar surface area (TPSA) is 94.0 Å². The summed E-state index contributed by atoms with van der Waals surface area (Å²) in [5.41, 5.74) is 8.19. The second-order valence-corrected chi connectivity index (χ2v) is 3.77. The average molecular weight is 241 g/mol. The van der Waals surface area contributed by atoms with Crippen molar-refractivity contribution in [3.63, 3.8) is 0 Å². The number of nitrogens with zero attached hydrogens (tertiary/aromatic N) is 5. The molecule has 0 aliphatic rings. The van der Waals surface area contributed by atoms with Crippen LogP contribution in [0.1, 0.15) is 5.56 Å². The van der Waals surface area contributed by atoms with Gasteiger partial charge in [-0.05, 0) is 40.3 Å². The lowest BCUT2D eigenvalue weighted by Gasteiger charge is -2.06. The largest absolute Gasteiger partial charge is 0.339 e. The third-order valence-corrected chi connectivity index (χ3v) is 2.50. The van der Waals surface area contributed by atoms with Crippen molar-refractivity contribution in [1.29, 1.82) is 0 Å². The standard InChI is InChI=1S/C11H11N7/c12-7-8-2-1-3-9(6-8)13-10-4-5-11-14-16-17-18(11)15-10/h1-6H,7,12H2,(H,13,15). The Balaban J connectivity index is 1.90. The van der Waals surface area contributed by atoms with Gasteiger partial charge in [0.25, 0.3) is 0 Å². The Morgan fingerprint density at radius 1 is 1.22 bits per heavy atom. The highest BCUT2D eigenvalue weighted by molar-refractivity contribution is 5.57. The van der Waals surface area contributed by atoms with Gasteiger partial charge >= 0.3 is 0 Å². The van der Waals surface area contributed by atoms with Gasteiger partial charge in [0, 0.05) is 12.2 Å². The third kappa shape index (κ3) is 1.98. The van der Waals surface area contributed by atoms with Crippen LogP contribution in [0.15, 0.2) is 36.4 Å². The van der Waals surface area contributed by atoms with Crippen LogP contribution in [-0.4, -0.2) is 25.3 Å². The molecule has 0 saturated carbocycles. The van der Waals surface area contributed by atoms with Crippen LogP contribution in [0.25, 0.3) is 5.65 Å². The number of nitrogens with one attached hydrogen (secondary N) is 1. The Morgan fingerprint density at radius 3 is 3.06 bits per heavy atom. The van der Waals surface area contributed by atoms with Gasteiger partial charge in [0.1, 0.15) is 0 Å². The molecule has 0 saturated heterocycles. The molecule has 3 rings (SSSR count). The van der Waals surface area contributed by atoms with Crippen molar-refractivity contribution in [2.75, 3.05) is 5.32 Å². The average Bonchev–Trinajstić information content (AvgIpc) is 2.86. The molecule has 0 unspecified atom stereocenters. The number of benzene rings is 1. The SMILES string of the molecule is NCc1cccc(Nc2ccc3nnnn3n2)c1. The summed E-state index contributed by atoms with van der Waals surface area (Å²) >= 11 is 0. The Labute approximate surface area is 103 Å². The predicted molar refractivity (Wildman–Crippen MR) is 66.2 cm³/mol. The van der Waals surface area contributed by atoms with Crippen LogP contribution in [0.4, 0.5) is 11.5 Å². The van der Waals surface area contributed by atoms with E-state index in [1.54, 1.807) is 6.07 Å². The summed E-state index contributed by atoms with van der Waals surface area (Å²) in [5, 5.41) is 18.5. The van der Waals surface area contributed by atoms with Crippen LogP contribution < -0.4 is 11.1 Å². The Kier molecular flexibility index (Phi) is 2.58. The van der Waals surface area contributed by atoms with E-state index < -0.39 is 0 Å². The zero-order chi connectivity index (χ0) is 12.4. The third-order valence-electron chi connectivity index (χ3n) is 2.50. The fraction of sp³-hybridized carbons (Fsp3) is 0.0909. The van der Waals surface area contributed by atoms with Crippen LogP contribution in [0.2, 0.25) is 0 Å². The summed E-state index contributed by atoms with van der Waals surface area (Å²) in [5.74, 6) is 0.670. The number of rotatable bonds is 3. The van der Waals surface area contributed by atoms with E-state index in [0.717, 1.165) is 11.3 Å². The van der Waals surface area contributed by atoms with Crippen molar-refractivity contribution in [1.82, 2.24) is 25.3 Å². The van der Waals surface area contributed by atoms with Gasteiger partial charge in [-0.2, -0.15) is 0 Å². The highest BCUT2D eigenvalue weighted by Gasteiger charge is 2.01. The molecule has 3 aromatic rings. The molecule has 0 spiro atoms. The summed E-state index contributed by atoms with van der Waals surface area (Å²) < 4.78 is 1.37. The molecule has 7 nitrogen and oxygen atoms in total. The molecule has 18 heavy (non-hydrogen) atoms. The molecule has 3 N–H and O–H groups in total. The van der Waals surface area contributed by atoms with Gasteiger partial charge in [-0.25, -0.2) is 0 Å². The lowest BCUT2D eigenvalue weighted by Crippen LogP contribution is -2.01. The van der Waals surface area contributed by atoms with Crippen molar-refractivity contribution in [2.45, 2.75) is 6.54 Å². The van der Waals surface area contributed by atoms with E-state index in [-0.39, 0.29) is 0 Å². The monoisotopic (exact) mass is 241 g/mol. The molecule has 0 aliphatic heterocycles. The molecule has 0 aliphatic carbocycles. The molecule has 2 heterocycles. The Morgan fingerprint density at radius 2 is 2.17 bits per heavy atom. The molecule has 0 bridgehead atoms. The zero-order valence-electron chi connectivity index (χ0n) is 9.48. The second-order valence-electron chi connectivity index (χ2n) is 3.77. The number of tetrazole rings is 1. The van der Waals surface area contributed by atoms with Gasteiger partial charge in [-0.15, -0.1) is 14.8 Å². The van der Waals surface area contributed by atoms with Gasteiger partial charge in [0.15, 0.2) is 11.5 Å². The lowest BCUT2D eigenvalue weighted by atomic mass is 10.2. The fourth-order valence-electron chi connectivity index (χ4n) is 1.64. The van der Waals surface area contributed by atoms with Crippen molar-refractivity contribution >= 4 is 17.2 Å². The van der Waals surface area contributed by atoms with Crippen molar-refractivity contribution in [3.05, 3.63) is 42.0 Å². The number of nitrogens with two attached hydrogens (primary N) is 1. The van der Waals surface area contributed by atoms with Gasteiger partial charge < -0.3 is 11.1 Å². The first-order valence-electron chi connectivity index (χ1n) is 5.46. The first-order valence-corrected chi connectivity index (χ1v) is 5.46. The molecular weight excluding hydrogens is 230 g/mol. The maximum atomic E-state index is 5.60. The molecule has 7 heteroatoms. The fourth-order valence-corrected chi connectivity index (χ4v) is 1.64. The van der Waals surface area contributed by atoms with Crippen molar-refractivity contribution < 1.29 is 0 Å². The molecule has 90 valence electrons. The second kappa shape index (κ2) is 4.38. The van der Waals surface area contributed by atoms with E-state index in [0.29, 0.717) is 18.0 Å². The smallest absolute Gasteiger partial charge is 0.200 e. The Bertz CT molecular complexity index is 676. The molecule has 0 radical (unpaired) electrons. The van der Waals surface area contributed by atoms with Crippen molar-refractivity contribution in [2.24, 2.45) is 5.73 Å². The lowest BCUT2D eigenvalue weighted by molar-refractivity contribution is 0.736. The molecule has 1 aromatic carbocycles. The van der Waals surface area contributed by atoms with Crippen LogP contribution in [0.3, 0.4) is 0 Å². The van der Waals surface area contributed by atoms with Crippen LogP contribution in [-0.2, 0) is 6.54 Å². The van der Waals surface area contributed by atoms with E-state index in [1.165, 1.54) is 4.63 Å². The first kappa shape index (κ1) is 10.6. The normalized spacial score (nSPS) is 10.7. The molecule has 2 aromatic heterocycles. The summed E-state index contributed by atoms with van der Waals surface area (Å²) in [6.45, 7) is 0.509. The molecule has 0 fully saturated rings. The summed E-state index contributed by atoms with van der Waals surface area (Å²) in [6.07, 6.45) is 0. The molecule has 0 amide bonds. The Hall–Kier alpha value is -2.54. The zero-order valence-corrected chi connectivity index (χ0v) is 9.48. The van der Waals surface area contributed by atoms with Crippen LogP contribution in [0.5, 0.6) is 0 Å². The predicted octanol–water partition coefficient (Wildman–Crippen LogP) is 0.722. The number of hydrogen-bond acceptors (Lipinski definition) is 6. The first-order chi connectivity index (χ1) is 8.85. The highest BCUT2D eigenvalue weighted by Crippen LogP contribution is 2.15. The molecule has 0 atom stereocenters. The van der Waals surface area contributed by atoms with Crippen LogP contribution >= 0.6 is 0 Å².